The monoisotopic (exact) mass is 455 g/mol. The number of aromatic nitrogens is 3. The van der Waals surface area contributed by atoms with Crippen molar-refractivity contribution in [2.24, 2.45) is 0 Å². The Kier molecular flexibility index (Phi) is 7.35. The van der Waals surface area contributed by atoms with Gasteiger partial charge in [-0.3, -0.25) is 9.78 Å². The molecule has 31 heavy (non-hydrogen) atoms. The molecule has 1 aliphatic heterocycles. The fourth-order valence-electron chi connectivity index (χ4n) is 3.09. The van der Waals surface area contributed by atoms with Crippen molar-refractivity contribution in [2.75, 3.05) is 31.2 Å². The van der Waals surface area contributed by atoms with E-state index in [0.29, 0.717) is 41.4 Å². The first-order chi connectivity index (χ1) is 15.2. The van der Waals surface area contributed by atoms with Crippen molar-refractivity contribution >= 4 is 35.1 Å². The van der Waals surface area contributed by atoms with Gasteiger partial charge in [0.05, 0.1) is 13.2 Å². The maximum Gasteiger partial charge on any atom is 0.251 e. The number of carbonyl (C=O) groups is 1. The molecule has 0 radical (unpaired) electrons. The van der Waals surface area contributed by atoms with Crippen LogP contribution in [0.4, 0.5) is 5.82 Å². The average Bonchev–Trinajstić information content (AvgIpc) is 2.82. The van der Waals surface area contributed by atoms with Crippen LogP contribution in [0.2, 0.25) is 5.15 Å². The number of halogens is 1. The Morgan fingerprint density at radius 1 is 1.13 bits per heavy atom. The molecule has 1 fully saturated rings. The second-order valence-electron chi connectivity index (χ2n) is 6.96. The standard InChI is InChI=1S/C22H22ClN5O2S/c23-19-12-20(28-8-10-30-11-9-28)27-22(26-19)31-15-16-3-5-18(6-4-16)21(29)25-14-17-2-1-7-24-13-17/h1-7,12-13H,8-11,14-15H2,(H,25,29). The summed E-state index contributed by atoms with van der Waals surface area (Å²) in [5, 5.41) is 3.97. The van der Waals surface area contributed by atoms with Crippen LogP contribution in [0.5, 0.6) is 0 Å². The molecule has 1 aromatic carbocycles. The van der Waals surface area contributed by atoms with Crippen LogP contribution in [0, 0.1) is 0 Å². The van der Waals surface area contributed by atoms with Crippen LogP contribution in [0.3, 0.4) is 0 Å². The fraction of sp³-hybridized carbons (Fsp3) is 0.273. The van der Waals surface area contributed by atoms with Gasteiger partial charge in [-0.25, -0.2) is 9.97 Å². The van der Waals surface area contributed by atoms with Gasteiger partial charge in [0, 0.05) is 49.4 Å². The van der Waals surface area contributed by atoms with Gasteiger partial charge in [0.15, 0.2) is 5.16 Å². The van der Waals surface area contributed by atoms with Crippen molar-refractivity contribution in [1.82, 2.24) is 20.3 Å². The normalized spacial score (nSPS) is 13.8. The molecule has 160 valence electrons. The second-order valence-corrected chi connectivity index (χ2v) is 8.29. The molecular weight excluding hydrogens is 434 g/mol. The Labute approximate surface area is 190 Å². The predicted octanol–water partition coefficient (Wildman–Crippen LogP) is 3.58. The first kappa shape index (κ1) is 21.5. The molecule has 1 amide bonds. The number of morpholine rings is 1. The highest BCUT2D eigenvalue weighted by Gasteiger charge is 2.15. The number of nitrogens with one attached hydrogen (secondary N) is 1. The first-order valence-corrected chi connectivity index (χ1v) is 11.3. The van der Waals surface area contributed by atoms with E-state index in [0.717, 1.165) is 30.0 Å². The molecule has 0 spiro atoms. The number of thioether (sulfide) groups is 1. The van der Waals surface area contributed by atoms with Crippen molar-refractivity contribution in [3.05, 3.63) is 76.7 Å². The van der Waals surface area contributed by atoms with Crippen LogP contribution in [0.1, 0.15) is 21.5 Å². The Morgan fingerprint density at radius 2 is 1.94 bits per heavy atom. The van der Waals surface area contributed by atoms with Crippen molar-refractivity contribution < 1.29 is 9.53 Å². The van der Waals surface area contributed by atoms with Gasteiger partial charge in [0.1, 0.15) is 11.0 Å². The van der Waals surface area contributed by atoms with Crippen LogP contribution in [0.25, 0.3) is 0 Å². The molecule has 1 saturated heterocycles. The van der Waals surface area contributed by atoms with Crippen molar-refractivity contribution in [2.45, 2.75) is 17.5 Å². The van der Waals surface area contributed by atoms with Crippen LogP contribution < -0.4 is 10.2 Å². The number of anilines is 1. The number of nitrogens with zero attached hydrogens (tertiary/aromatic N) is 4. The summed E-state index contributed by atoms with van der Waals surface area (Å²) in [5.41, 5.74) is 2.65. The highest BCUT2D eigenvalue weighted by molar-refractivity contribution is 7.98. The lowest BCUT2D eigenvalue weighted by molar-refractivity contribution is 0.0951. The number of hydrogen-bond acceptors (Lipinski definition) is 7. The van der Waals surface area contributed by atoms with Crippen molar-refractivity contribution in [1.29, 1.82) is 0 Å². The average molecular weight is 456 g/mol. The smallest absolute Gasteiger partial charge is 0.251 e. The van der Waals surface area contributed by atoms with E-state index in [2.05, 4.69) is 25.2 Å². The highest BCUT2D eigenvalue weighted by Crippen LogP contribution is 2.25. The molecule has 3 aromatic rings. The molecule has 1 N–H and O–H groups in total. The van der Waals surface area contributed by atoms with Gasteiger partial charge in [0.2, 0.25) is 0 Å². The molecule has 2 aromatic heterocycles. The van der Waals surface area contributed by atoms with Gasteiger partial charge in [0.25, 0.3) is 5.91 Å². The molecule has 7 nitrogen and oxygen atoms in total. The largest absolute Gasteiger partial charge is 0.378 e. The number of ether oxygens (including phenoxy) is 1. The molecule has 0 saturated carbocycles. The number of amides is 1. The van der Waals surface area contributed by atoms with Gasteiger partial charge >= 0.3 is 0 Å². The molecular formula is C22H22ClN5O2S. The molecule has 4 rings (SSSR count). The minimum atomic E-state index is -0.114. The van der Waals surface area contributed by atoms with E-state index in [9.17, 15) is 4.79 Å². The molecule has 1 aliphatic rings. The molecule has 0 bridgehead atoms. The Hall–Kier alpha value is -2.68. The summed E-state index contributed by atoms with van der Waals surface area (Å²) >= 11 is 7.73. The maximum atomic E-state index is 12.3. The number of pyridine rings is 1. The van der Waals surface area contributed by atoms with Crippen molar-refractivity contribution in [3.63, 3.8) is 0 Å². The lowest BCUT2D eigenvalue weighted by Gasteiger charge is -2.27. The van der Waals surface area contributed by atoms with Gasteiger partial charge < -0.3 is 15.0 Å². The zero-order chi connectivity index (χ0) is 21.5. The Balaban J connectivity index is 1.33. The molecule has 0 aliphatic carbocycles. The SMILES string of the molecule is O=C(NCc1cccnc1)c1ccc(CSc2nc(Cl)cc(N3CCOCC3)n2)cc1. The Morgan fingerprint density at radius 3 is 2.68 bits per heavy atom. The third kappa shape index (κ3) is 6.16. The third-order valence-corrected chi connectivity index (χ3v) is 5.87. The van der Waals surface area contributed by atoms with Gasteiger partial charge in [-0.15, -0.1) is 0 Å². The quantitative estimate of drug-likeness (QED) is 0.331. The van der Waals surface area contributed by atoms with E-state index < -0.39 is 0 Å². The molecule has 3 heterocycles. The second kappa shape index (κ2) is 10.6. The van der Waals surface area contributed by atoms with E-state index in [1.54, 1.807) is 18.5 Å². The van der Waals surface area contributed by atoms with E-state index in [4.69, 9.17) is 16.3 Å². The lowest BCUT2D eigenvalue weighted by atomic mass is 10.1. The summed E-state index contributed by atoms with van der Waals surface area (Å²) in [6.07, 6.45) is 3.45. The van der Waals surface area contributed by atoms with E-state index in [-0.39, 0.29) is 5.91 Å². The molecule has 9 heteroatoms. The van der Waals surface area contributed by atoms with E-state index in [1.165, 1.54) is 11.8 Å². The third-order valence-electron chi connectivity index (χ3n) is 4.76. The fourth-order valence-corrected chi connectivity index (χ4v) is 4.13. The highest BCUT2D eigenvalue weighted by atomic mass is 35.5. The molecule has 0 atom stereocenters. The summed E-state index contributed by atoms with van der Waals surface area (Å²) in [5.74, 6) is 1.39. The summed E-state index contributed by atoms with van der Waals surface area (Å²) in [6.45, 7) is 3.41. The Bertz CT molecular complexity index is 1010. The van der Waals surface area contributed by atoms with Crippen LogP contribution >= 0.6 is 23.4 Å². The first-order valence-electron chi connectivity index (χ1n) is 9.93. The number of hydrogen-bond donors (Lipinski definition) is 1. The van der Waals surface area contributed by atoms with Crippen LogP contribution in [-0.4, -0.2) is 47.2 Å². The van der Waals surface area contributed by atoms with E-state index in [1.807, 2.05) is 36.4 Å². The number of benzene rings is 1. The summed E-state index contributed by atoms with van der Waals surface area (Å²) in [6, 6.07) is 13.1. The topological polar surface area (TPSA) is 80.2 Å². The number of rotatable bonds is 7. The lowest BCUT2D eigenvalue weighted by Crippen LogP contribution is -2.36. The number of carbonyl (C=O) groups excluding carboxylic acids is 1. The summed E-state index contributed by atoms with van der Waals surface area (Å²) in [7, 11) is 0. The zero-order valence-corrected chi connectivity index (χ0v) is 18.4. The summed E-state index contributed by atoms with van der Waals surface area (Å²) < 4.78 is 5.40. The van der Waals surface area contributed by atoms with Gasteiger partial charge in [-0.05, 0) is 29.3 Å². The van der Waals surface area contributed by atoms with Gasteiger partial charge in [-0.2, -0.15) is 0 Å². The van der Waals surface area contributed by atoms with Gasteiger partial charge in [-0.1, -0.05) is 41.6 Å². The van der Waals surface area contributed by atoms with Crippen LogP contribution in [0.15, 0.2) is 60.0 Å². The predicted molar refractivity (Wildman–Crippen MR) is 121 cm³/mol. The van der Waals surface area contributed by atoms with Crippen LogP contribution in [-0.2, 0) is 17.0 Å². The van der Waals surface area contributed by atoms with E-state index >= 15 is 0 Å². The summed E-state index contributed by atoms with van der Waals surface area (Å²) in [4.78, 5) is 27.5. The van der Waals surface area contributed by atoms with Crippen molar-refractivity contribution in [3.8, 4) is 0 Å². The zero-order valence-electron chi connectivity index (χ0n) is 16.8. The minimum Gasteiger partial charge on any atom is -0.378 e. The minimum absolute atomic E-state index is 0.114. The molecule has 0 unspecified atom stereocenters. The maximum absolute atomic E-state index is 12.3.